The zero-order valence-electron chi connectivity index (χ0n) is 9.55. The molecule has 0 spiro atoms. The molecule has 0 saturated heterocycles. The molecular formula is C8H11N7O2S. The van der Waals surface area contributed by atoms with Crippen LogP contribution in [0.1, 0.15) is 0 Å². The number of hydrogen-bond acceptors (Lipinski definition) is 6. The number of aromatic nitrogens is 6. The quantitative estimate of drug-likeness (QED) is 0.703. The Morgan fingerprint density at radius 3 is 2.89 bits per heavy atom. The molecule has 2 rings (SSSR count). The van der Waals surface area contributed by atoms with Gasteiger partial charge in [-0.25, -0.2) is 18.2 Å². The van der Waals surface area contributed by atoms with Gasteiger partial charge in [0.2, 0.25) is 0 Å². The summed E-state index contributed by atoms with van der Waals surface area (Å²) in [4.78, 5) is 0. The summed E-state index contributed by atoms with van der Waals surface area (Å²) in [5.41, 5.74) is 0.256. The van der Waals surface area contributed by atoms with Crippen molar-refractivity contribution in [2.75, 3.05) is 0 Å². The molecule has 2 aromatic rings. The number of tetrazole rings is 1. The van der Waals surface area contributed by atoms with Gasteiger partial charge in [0.05, 0.1) is 18.3 Å². The van der Waals surface area contributed by atoms with Gasteiger partial charge in [-0.2, -0.15) is 5.10 Å². The first-order valence-corrected chi connectivity index (χ1v) is 6.42. The van der Waals surface area contributed by atoms with Crippen LogP contribution in [0.5, 0.6) is 0 Å². The third-order valence-electron chi connectivity index (χ3n) is 2.23. The maximum absolute atomic E-state index is 11.5. The number of nitrogens with two attached hydrogens (primary N) is 1. The Balaban J connectivity index is 2.65. The van der Waals surface area contributed by atoms with Gasteiger partial charge in [-0.3, -0.25) is 4.68 Å². The summed E-state index contributed by atoms with van der Waals surface area (Å²) in [7, 11) is -2.44. The average Bonchev–Trinajstić information content (AvgIpc) is 2.83. The summed E-state index contributed by atoms with van der Waals surface area (Å²) >= 11 is 0. The third kappa shape index (κ3) is 2.02. The van der Waals surface area contributed by atoms with Gasteiger partial charge in [-0.1, -0.05) is 6.08 Å². The fourth-order valence-electron chi connectivity index (χ4n) is 1.56. The number of hydrogen-bond donors (Lipinski definition) is 1. The van der Waals surface area contributed by atoms with E-state index in [2.05, 4.69) is 27.2 Å². The molecule has 2 heterocycles. The Morgan fingerprint density at radius 1 is 1.56 bits per heavy atom. The number of allylic oxidation sites excluding steroid dienone is 1. The molecule has 10 heteroatoms. The molecule has 0 aliphatic rings. The summed E-state index contributed by atoms with van der Waals surface area (Å²) in [6.45, 7) is 3.92. The van der Waals surface area contributed by atoms with Crippen molar-refractivity contribution in [1.82, 2.24) is 30.0 Å². The number of nitrogens with zero attached hydrogens (tertiary/aromatic N) is 6. The largest absolute Gasteiger partial charge is 0.255 e. The lowest BCUT2D eigenvalue weighted by Crippen LogP contribution is -2.18. The van der Waals surface area contributed by atoms with Crippen LogP contribution >= 0.6 is 0 Å². The Morgan fingerprint density at radius 2 is 2.28 bits per heavy atom. The smallest absolute Gasteiger partial charge is 0.255 e. The van der Waals surface area contributed by atoms with Gasteiger partial charge >= 0.3 is 0 Å². The zero-order chi connectivity index (χ0) is 13.3. The number of primary sulfonamides is 1. The van der Waals surface area contributed by atoms with Crippen molar-refractivity contribution in [3.05, 3.63) is 18.9 Å². The van der Waals surface area contributed by atoms with Crippen LogP contribution in [0.15, 0.2) is 23.9 Å². The van der Waals surface area contributed by atoms with Gasteiger partial charge < -0.3 is 0 Å². The van der Waals surface area contributed by atoms with Gasteiger partial charge in [-0.05, 0) is 10.4 Å². The summed E-state index contributed by atoms with van der Waals surface area (Å²) in [5.74, 6) is 0.270. The highest BCUT2D eigenvalue weighted by Crippen LogP contribution is 2.23. The van der Waals surface area contributed by atoms with Crippen molar-refractivity contribution in [3.63, 3.8) is 0 Å². The van der Waals surface area contributed by atoms with Crippen LogP contribution in [0, 0.1) is 0 Å². The van der Waals surface area contributed by atoms with Crippen molar-refractivity contribution in [2.24, 2.45) is 12.2 Å². The maximum Gasteiger partial charge on any atom is 0.255 e. The molecule has 0 aliphatic carbocycles. The molecule has 9 nitrogen and oxygen atoms in total. The SMILES string of the molecule is C=CCn1nnnc1-c1cnn(C)c1S(N)(=O)=O. The van der Waals surface area contributed by atoms with Crippen LogP contribution in [-0.4, -0.2) is 38.4 Å². The highest BCUT2D eigenvalue weighted by Gasteiger charge is 2.24. The fraction of sp³-hybridized carbons (Fsp3) is 0.250. The Labute approximate surface area is 103 Å². The average molecular weight is 269 g/mol. The highest BCUT2D eigenvalue weighted by molar-refractivity contribution is 7.89. The topological polar surface area (TPSA) is 122 Å². The van der Waals surface area contributed by atoms with Crippen LogP contribution in [0.2, 0.25) is 0 Å². The van der Waals surface area contributed by atoms with E-state index in [0.717, 1.165) is 4.68 Å². The molecule has 0 saturated carbocycles. The Hall–Kier alpha value is -2.07. The van der Waals surface area contributed by atoms with E-state index in [-0.39, 0.29) is 16.4 Å². The number of sulfonamides is 1. The molecule has 0 unspecified atom stereocenters. The minimum atomic E-state index is -3.91. The fourth-order valence-corrected chi connectivity index (χ4v) is 2.43. The minimum Gasteiger partial charge on any atom is -0.255 e. The second kappa shape index (κ2) is 4.31. The van der Waals surface area contributed by atoms with Gasteiger partial charge in [-0.15, -0.1) is 11.7 Å². The van der Waals surface area contributed by atoms with E-state index < -0.39 is 10.0 Å². The molecule has 2 aromatic heterocycles. The Kier molecular flexibility index (Phi) is 2.97. The lowest BCUT2D eigenvalue weighted by atomic mass is 10.3. The molecule has 96 valence electrons. The summed E-state index contributed by atoms with van der Waals surface area (Å²) < 4.78 is 25.6. The molecule has 0 fully saturated rings. The van der Waals surface area contributed by atoms with E-state index in [9.17, 15) is 8.42 Å². The zero-order valence-corrected chi connectivity index (χ0v) is 10.4. The van der Waals surface area contributed by atoms with E-state index in [1.165, 1.54) is 17.9 Å². The van der Waals surface area contributed by atoms with Crippen molar-refractivity contribution in [1.29, 1.82) is 0 Å². The highest BCUT2D eigenvalue weighted by atomic mass is 32.2. The predicted molar refractivity (Wildman–Crippen MR) is 61.6 cm³/mol. The van der Waals surface area contributed by atoms with E-state index >= 15 is 0 Å². The van der Waals surface area contributed by atoms with Crippen molar-refractivity contribution in [3.8, 4) is 11.4 Å². The molecule has 0 atom stereocenters. The van der Waals surface area contributed by atoms with Crippen molar-refractivity contribution in [2.45, 2.75) is 11.6 Å². The van der Waals surface area contributed by atoms with Crippen molar-refractivity contribution >= 4 is 10.0 Å². The van der Waals surface area contributed by atoms with Gasteiger partial charge in [0, 0.05) is 7.05 Å². The second-order valence-electron chi connectivity index (χ2n) is 3.51. The van der Waals surface area contributed by atoms with Crippen LogP contribution < -0.4 is 5.14 Å². The van der Waals surface area contributed by atoms with Crippen molar-refractivity contribution < 1.29 is 8.42 Å². The molecule has 0 bridgehead atoms. The third-order valence-corrected chi connectivity index (χ3v) is 3.25. The molecular weight excluding hydrogens is 258 g/mol. The van der Waals surface area contributed by atoms with Crippen LogP contribution in [0.3, 0.4) is 0 Å². The van der Waals surface area contributed by atoms with E-state index in [0.29, 0.717) is 6.54 Å². The lowest BCUT2D eigenvalue weighted by molar-refractivity contribution is 0.578. The monoisotopic (exact) mass is 269 g/mol. The first kappa shape index (κ1) is 12.4. The number of rotatable bonds is 4. The normalized spacial score (nSPS) is 11.7. The molecule has 0 aliphatic heterocycles. The maximum atomic E-state index is 11.5. The van der Waals surface area contributed by atoms with Crippen LogP contribution in [0.25, 0.3) is 11.4 Å². The van der Waals surface area contributed by atoms with E-state index in [4.69, 9.17) is 5.14 Å². The molecule has 0 aromatic carbocycles. The first-order valence-electron chi connectivity index (χ1n) is 4.87. The van der Waals surface area contributed by atoms with Gasteiger partial charge in [0.25, 0.3) is 10.0 Å². The van der Waals surface area contributed by atoms with Crippen LogP contribution in [-0.2, 0) is 23.6 Å². The molecule has 18 heavy (non-hydrogen) atoms. The Bertz CT molecular complexity index is 684. The second-order valence-corrected chi connectivity index (χ2v) is 4.98. The summed E-state index contributed by atoms with van der Waals surface area (Å²) in [6, 6.07) is 0. The van der Waals surface area contributed by atoms with E-state index in [1.807, 2.05) is 0 Å². The minimum absolute atomic E-state index is 0.136. The van der Waals surface area contributed by atoms with Crippen LogP contribution in [0.4, 0.5) is 0 Å². The summed E-state index contributed by atoms with van der Waals surface area (Å²) in [5, 5.41) is 19.9. The van der Waals surface area contributed by atoms with E-state index in [1.54, 1.807) is 6.08 Å². The van der Waals surface area contributed by atoms with Gasteiger partial charge in [0.1, 0.15) is 0 Å². The lowest BCUT2D eigenvalue weighted by Gasteiger charge is -2.03. The molecule has 0 amide bonds. The molecule has 0 radical (unpaired) electrons. The first-order chi connectivity index (χ1) is 8.45. The van der Waals surface area contributed by atoms with Gasteiger partial charge in [0.15, 0.2) is 10.9 Å². The standard InChI is InChI=1S/C8H11N7O2S/c1-3-4-15-7(11-12-13-15)6-5-10-14(2)8(6)18(9,16)17/h3,5H,1,4H2,2H3,(H2,9,16,17). The number of aryl methyl sites for hydroxylation is 1. The summed E-state index contributed by atoms with van der Waals surface area (Å²) in [6.07, 6.45) is 2.94. The molecule has 2 N–H and O–H groups in total. The predicted octanol–water partition coefficient (Wildman–Crippen LogP) is -1.09.